The maximum absolute atomic E-state index is 12.6. The minimum Gasteiger partial charge on any atom is -0.393 e. The number of fused-ring (bicyclic) bond motifs is 1. The van der Waals surface area contributed by atoms with E-state index in [0.717, 1.165) is 25.9 Å². The maximum atomic E-state index is 12.6. The number of aliphatic hydroxyl groups is 1. The van der Waals surface area contributed by atoms with Gasteiger partial charge in [0.15, 0.2) is 0 Å². The maximum Gasteiger partial charge on any atom is 0.272 e. The van der Waals surface area contributed by atoms with Gasteiger partial charge in [-0.2, -0.15) is 0 Å². The van der Waals surface area contributed by atoms with Crippen molar-refractivity contribution in [1.82, 2.24) is 24.6 Å². The predicted octanol–water partition coefficient (Wildman–Crippen LogP) is 0.505. The Hall–Kier alpha value is -2.28. The summed E-state index contributed by atoms with van der Waals surface area (Å²) < 4.78 is 1.67. The molecule has 2 aromatic rings. The Morgan fingerprint density at radius 2 is 1.82 bits per heavy atom. The van der Waals surface area contributed by atoms with E-state index in [9.17, 15) is 9.90 Å². The van der Waals surface area contributed by atoms with Gasteiger partial charge in [0.1, 0.15) is 24.2 Å². The van der Waals surface area contributed by atoms with E-state index in [0.29, 0.717) is 23.3 Å². The van der Waals surface area contributed by atoms with Gasteiger partial charge in [-0.3, -0.25) is 9.36 Å². The van der Waals surface area contributed by atoms with Crippen LogP contribution in [-0.4, -0.2) is 54.9 Å². The Morgan fingerprint density at radius 1 is 1.14 bits per heavy atom. The zero-order valence-electron chi connectivity index (χ0n) is 12.0. The highest BCUT2D eigenvalue weighted by Crippen LogP contribution is 2.38. The molecule has 0 radical (unpaired) electrons. The zero-order valence-corrected chi connectivity index (χ0v) is 12.0. The number of aliphatic hydroxyl groups excluding tert-OH is 1. The lowest BCUT2D eigenvalue weighted by Gasteiger charge is -2.18. The third kappa shape index (κ3) is 2.27. The molecule has 1 aliphatic carbocycles. The monoisotopic (exact) mass is 299 g/mol. The summed E-state index contributed by atoms with van der Waals surface area (Å²) in [5.74, 6) is 1.45. The van der Waals surface area contributed by atoms with Crippen LogP contribution in [0.15, 0.2) is 30.9 Å². The number of carbonyl (C=O) groups excluding carboxylic acids is 1. The summed E-state index contributed by atoms with van der Waals surface area (Å²) in [5.41, 5.74) is 0.437. The van der Waals surface area contributed by atoms with Crippen molar-refractivity contribution in [1.29, 1.82) is 0 Å². The molecule has 2 fully saturated rings. The summed E-state index contributed by atoms with van der Waals surface area (Å²) in [5, 5.41) is 17.2. The number of amides is 1. The van der Waals surface area contributed by atoms with Crippen LogP contribution in [0.2, 0.25) is 0 Å². The van der Waals surface area contributed by atoms with E-state index >= 15 is 0 Å². The lowest BCUT2D eigenvalue weighted by atomic mass is 10.0. The molecule has 3 atom stereocenters. The smallest absolute Gasteiger partial charge is 0.272 e. The first-order chi connectivity index (χ1) is 10.7. The van der Waals surface area contributed by atoms with Gasteiger partial charge >= 0.3 is 0 Å². The molecule has 3 heterocycles. The summed E-state index contributed by atoms with van der Waals surface area (Å²) in [6.45, 7) is 1.44. The van der Waals surface area contributed by atoms with E-state index in [1.54, 1.807) is 23.3 Å². The Labute approximate surface area is 127 Å². The highest BCUT2D eigenvalue weighted by molar-refractivity contribution is 5.92. The molecule has 114 valence electrons. The average molecular weight is 299 g/mol. The standard InChI is InChI=1S/C15H17N5O2/c21-12-4-10-6-19(7-11(10)5-12)15(22)13-2-1-3-14(18-13)20-8-16-17-9-20/h1-3,8-12,21H,4-7H2/t10-,11+,12?. The van der Waals surface area contributed by atoms with Crippen LogP contribution in [-0.2, 0) is 0 Å². The quantitative estimate of drug-likeness (QED) is 0.873. The Balaban J connectivity index is 1.53. The van der Waals surface area contributed by atoms with Crippen LogP contribution < -0.4 is 0 Å². The second-order valence-electron chi connectivity index (χ2n) is 6.11. The molecular weight excluding hydrogens is 282 g/mol. The number of likely N-dealkylation sites (tertiary alicyclic amines) is 1. The summed E-state index contributed by atoms with van der Waals surface area (Å²) in [6, 6.07) is 5.37. The van der Waals surface area contributed by atoms with Gasteiger partial charge in [-0.1, -0.05) is 6.07 Å². The zero-order chi connectivity index (χ0) is 15.1. The summed E-state index contributed by atoms with van der Waals surface area (Å²) in [6.07, 6.45) is 4.53. The fourth-order valence-electron chi connectivity index (χ4n) is 3.60. The van der Waals surface area contributed by atoms with E-state index in [1.165, 1.54) is 0 Å². The first-order valence-corrected chi connectivity index (χ1v) is 7.50. The Kier molecular flexibility index (Phi) is 3.15. The predicted molar refractivity (Wildman–Crippen MR) is 77.3 cm³/mol. The van der Waals surface area contributed by atoms with Gasteiger partial charge in [0.25, 0.3) is 5.91 Å². The number of aromatic nitrogens is 4. The highest BCUT2D eigenvalue weighted by atomic mass is 16.3. The van der Waals surface area contributed by atoms with E-state index in [-0.39, 0.29) is 12.0 Å². The topological polar surface area (TPSA) is 84.1 Å². The normalized spacial score (nSPS) is 27.1. The number of carbonyl (C=O) groups is 1. The first-order valence-electron chi connectivity index (χ1n) is 7.50. The average Bonchev–Trinajstić information content (AvgIpc) is 3.22. The molecule has 1 amide bonds. The number of hydrogen-bond acceptors (Lipinski definition) is 5. The van der Waals surface area contributed by atoms with Gasteiger partial charge in [-0.25, -0.2) is 4.98 Å². The van der Waals surface area contributed by atoms with Crippen molar-refractivity contribution in [2.24, 2.45) is 11.8 Å². The number of nitrogens with zero attached hydrogens (tertiary/aromatic N) is 5. The molecule has 1 aliphatic heterocycles. The Morgan fingerprint density at radius 3 is 2.50 bits per heavy atom. The molecule has 2 aromatic heterocycles. The van der Waals surface area contributed by atoms with E-state index in [1.807, 2.05) is 17.0 Å². The van der Waals surface area contributed by atoms with Crippen LogP contribution in [0, 0.1) is 11.8 Å². The van der Waals surface area contributed by atoms with Crippen molar-refractivity contribution in [3.63, 3.8) is 0 Å². The molecule has 1 unspecified atom stereocenters. The number of pyridine rings is 1. The summed E-state index contributed by atoms with van der Waals surface area (Å²) in [7, 11) is 0. The molecule has 0 spiro atoms. The fraction of sp³-hybridized carbons (Fsp3) is 0.467. The molecule has 1 saturated carbocycles. The lowest BCUT2D eigenvalue weighted by molar-refractivity contribution is 0.0759. The first kappa shape index (κ1) is 13.4. The van der Waals surface area contributed by atoms with Crippen molar-refractivity contribution >= 4 is 5.91 Å². The third-order valence-corrected chi connectivity index (χ3v) is 4.65. The van der Waals surface area contributed by atoms with Crippen LogP contribution in [0.5, 0.6) is 0 Å². The molecule has 7 nitrogen and oxygen atoms in total. The van der Waals surface area contributed by atoms with Crippen LogP contribution in [0.25, 0.3) is 5.82 Å². The largest absolute Gasteiger partial charge is 0.393 e. The Bertz CT molecular complexity index is 673. The van der Waals surface area contributed by atoms with Crippen molar-refractivity contribution in [2.75, 3.05) is 13.1 Å². The van der Waals surface area contributed by atoms with Crippen LogP contribution in [0.4, 0.5) is 0 Å². The van der Waals surface area contributed by atoms with Gasteiger partial charge in [-0.15, -0.1) is 10.2 Å². The second-order valence-corrected chi connectivity index (χ2v) is 6.11. The molecule has 2 aliphatic rings. The molecule has 0 aromatic carbocycles. The van der Waals surface area contributed by atoms with Gasteiger partial charge in [0.05, 0.1) is 6.10 Å². The lowest BCUT2D eigenvalue weighted by Crippen LogP contribution is -2.31. The number of hydrogen-bond donors (Lipinski definition) is 1. The SMILES string of the molecule is O=C(c1cccc(-n2cnnc2)n1)N1C[C@H]2CC(O)C[C@H]2C1. The second kappa shape index (κ2) is 5.17. The van der Waals surface area contributed by atoms with Gasteiger partial charge in [0.2, 0.25) is 0 Å². The van der Waals surface area contributed by atoms with Crippen LogP contribution >= 0.6 is 0 Å². The van der Waals surface area contributed by atoms with Crippen LogP contribution in [0.1, 0.15) is 23.3 Å². The molecule has 0 bridgehead atoms. The fourth-order valence-corrected chi connectivity index (χ4v) is 3.60. The third-order valence-electron chi connectivity index (χ3n) is 4.65. The summed E-state index contributed by atoms with van der Waals surface area (Å²) >= 11 is 0. The highest BCUT2D eigenvalue weighted by Gasteiger charge is 2.42. The molecule has 4 rings (SSSR count). The molecule has 7 heteroatoms. The van der Waals surface area contributed by atoms with E-state index in [4.69, 9.17) is 0 Å². The van der Waals surface area contributed by atoms with Crippen molar-refractivity contribution in [3.8, 4) is 5.82 Å². The number of rotatable bonds is 2. The minimum absolute atomic E-state index is 0.0428. The van der Waals surface area contributed by atoms with E-state index < -0.39 is 0 Å². The van der Waals surface area contributed by atoms with Crippen molar-refractivity contribution in [2.45, 2.75) is 18.9 Å². The van der Waals surface area contributed by atoms with Gasteiger partial charge in [-0.05, 0) is 36.8 Å². The van der Waals surface area contributed by atoms with E-state index in [2.05, 4.69) is 15.2 Å². The molecular formula is C15H17N5O2. The molecule has 1 saturated heterocycles. The minimum atomic E-state index is -0.192. The van der Waals surface area contributed by atoms with Crippen molar-refractivity contribution in [3.05, 3.63) is 36.5 Å². The molecule has 22 heavy (non-hydrogen) atoms. The summed E-state index contributed by atoms with van der Waals surface area (Å²) in [4.78, 5) is 18.9. The van der Waals surface area contributed by atoms with Gasteiger partial charge in [0, 0.05) is 13.1 Å². The molecule has 1 N–H and O–H groups in total. The van der Waals surface area contributed by atoms with Gasteiger partial charge < -0.3 is 10.0 Å². The van der Waals surface area contributed by atoms with Crippen molar-refractivity contribution < 1.29 is 9.90 Å². The van der Waals surface area contributed by atoms with Crippen LogP contribution in [0.3, 0.4) is 0 Å².